The number of amidine groups is 1. The quantitative estimate of drug-likeness (QED) is 0.493. The highest BCUT2D eigenvalue weighted by atomic mass is 32.2. The summed E-state index contributed by atoms with van der Waals surface area (Å²) >= 11 is 0. The van der Waals surface area contributed by atoms with Gasteiger partial charge in [0.25, 0.3) is 10.2 Å². The number of carbonyl (C=O) groups excluding carboxylic acids is 1. The van der Waals surface area contributed by atoms with Crippen molar-refractivity contribution in [2.24, 2.45) is 15.8 Å². The van der Waals surface area contributed by atoms with Crippen molar-refractivity contribution in [3.8, 4) is 0 Å². The zero-order valence-electron chi connectivity index (χ0n) is 19.3. The molecule has 0 radical (unpaired) electrons. The summed E-state index contributed by atoms with van der Waals surface area (Å²) in [5.74, 6) is 7.15. The Kier molecular flexibility index (Phi) is 5.60. The average molecular weight is 493 g/mol. The van der Waals surface area contributed by atoms with Crippen molar-refractivity contribution in [2.45, 2.75) is 6.29 Å². The molecular formula is C19H28N10O4S. The van der Waals surface area contributed by atoms with Crippen LogP contribution in [0.25, 0.3) is 5.70 Å². The van der Waals surface area contributed by atoms with Gasteiger partial charge in [0.15, 0.2) is 11.6 Å². The number of urea groups is 1. The van der Waals surface area contributed by atoms with Crippen LogP contribution in [-0.2, 0) is 10.2 Å². The van der Waals surface area contributed by atoms with Crippen molar-refractivity contribution in [1.29, 1.82) is 0 Å². The standard InChI is InChI=1S/C19H28N10O4S/c1-23(2)34(31,32)26-9-6-25(7-10-26)8-11-27-18-22-17-16(29(18)24(3)19(27)30)15(21-13-28(17)20)14-5-4-12-33-14/h4-5,12-13,18H,6-11,20H2,1-3H3. The van der Waals surface area contributed by atoms with E-state index in [2.05, 4.69) is 9.89 Å². The molecule has 1 unspecified atom stereocenters. The number of carbonyl (C=O) groups is 1. The summed E-state index contributed by atoms with van der Waals surface area (Å²) in [6.45, 7) is 3.02. The Morgan fingerprint density at radius 1 is 1.21 bits per heavy atom. The van der Waals surface area contributed by atoms with Crippen LogP contribution in [0.5, 0.6) is 0 Å². The second-order valence-electron chi connectivity index (χ2n) is 8.50. The third-order valence-electron chi connectivity index (χ3n) is 6.33. The zero-order valence-corrected chi connectivity index (χ0v) is 20.1. The molecule has 2 fully saturated rings. The monoisotopic (exact) mass is 492 g/mol. The molecule has 5 heterocycles. The van der Waals surface area contributed by atoms with Crippen LogP contribution in [0.1, 0.15) is 5.76 Å². The van der Waals surface area contributed by atoms with Gasteiger partial charge in [-0.25, -0.2) is 35.6 Å². The number of aliphatic imine (C=N–C) groups is 2. The van der Waals surface area contributed by atoms with Gasteiger partial charge in [-0.3, -0.25) is 9.80 Å². The highest BCUT2D eigenvalue weighted by molar-refractivity contribution is 7.86. The SMILES string of the molecule is CN1C(=O)N(CCN2CCN(S(=O)(=O)N(C)C)CC2)C2N=C3C(=C(c4ccco4)N=CN3N)N21. The van der Waals surface area contributed by atoms with Crippen LogP contribution >= 0.6 is 0 Å². The third-order valence-corrected chi connectivity index (χ3v) is 8.27. The Labute approximate surface area is 197 Å². The predicted octanol–water partition coefficient (Wildman–Crippen LogP) is -1.13. The highest BCUT2D eigenvalue weighted by Crippen LogP contribution is 2.38. The van der Waals surface area contributed by atoms with E-state index in [1.54, 1.807) is 35.4 Å². The summed E-state index contributed by atoms with van der Waals surface area (Å²) < 4.78 is 32.9. The number of piperazine rings is 1. The predicted molar refractivity (Wildman–Crippen MR) is 124 cm³/mol. The Balaban J connectivity index is 1.31. The molecule has 1 atom stereocenters. The van der Waals surface area contributed by atoms with E-state index in [1.165, 1.54) is 39.1 Å². The average Bonchev–Trinajstić information content (AvgIpc) is 3.52. The van der Waals surface area contributed by atoms with E-state index in [0.29, 0.717) is 62.3 Å². The molecule has 15 heteroatoms. The molecule has 1 aromatic heterocycles. The summed E-state index contributed by atoms with van der Waals surface area (Å²) in [6.07, 6.45) is 2.44. The van der Waals surface area contributed by atoms with Gasteiger partial charge < -0.3 is 4.42 Å². The van der Waals surface area contributed by atoms with E-state index in [9.17, 15) is 13.2 Å². The van der Waals surface area contributed by atoms with Gasteiger partial charge in [-0.1, -0.05) is 0 Å². The maximum atomic E-state index is 13.1. The van der Waals surface area contributed by atoms with E-state index >= 15 is 0 Å². The number of hydrogen-bond acceptors (Lipinski definition) is 10. The van der Waals surface area contributed by atoms with Gasteiger partial charge in [0.1, 0.15) is 17.7 Å². The molecule has 0 saturated carbocycles. The molecule has 0 spiro atoms. The molecule has 0 bridgehead atoms. The molecule has 4 aliphatic heterocycles. The number of fused-ring (bicyclic) bond motifs is 3. The normalized spacial score (nSPS) is 24.0. The van der Waals surface area contributed by atoms with Gasteiger partial charge in [0.05, 0.1) is 6.26 Å². The van der Waals surface area contributed by atoms with Gasteiger partial charge in [-0.2, -0.15) is 17.0 Å². The van der Waals surface area contributed by atoms with Gasteiger partial charge in [0.2, 0.25) is 6.29 Å². The lowest BCUT2D eigenvalue weighted by atomic mass is 10.2. The van der Waals surface area contributed by atoms with E-state index in [1.807, 2.05) is 0 Å². The number of hydrazine groups is 2. The van der Waals surface area contributed by atoms with Crippen LogP contribution in [-0.4, -0.2) is 127 Å². The van der Waals surface area contributed by atoms with Crippen molar-refractivity contribution in [2.75, 3.05) is 60.4 Å². The number of amides is 2. The molecule has 0 aromatic carbocycles. The number of furan rings is 1. The minimum absolute atomic E-state index is 0.189. The van der Waals surface area contributed by atoms with E-state index < -0.39 is 16.5 Å². The first-order valence-electron chi connectivity index (χ1n) is 10.9. The van der Waals surface area contributed by atoms with Crippen molar-refractivity contribution in [1.82, 2.24) is 33.4 Å². The molecule has 34 heavy (non-hydrogen) atoms. The van der Waals surface area contributed by atoms with Crippen LogP contribution in [0.2, 0.25) is 0 Å². The van der Waals surface area contributed by atoms with E-state index in [4.69, 9.17) is 15.3 Å². The fraction of sp³-hybridized carbons (Fsp3) is 0.526. The number of nitrogens with two attached hydrogens (primary N) is 1. The molecule has 184 valence electrons. The lowest BCUT2D eigenvalue weighted by molar-refractivity contribution is 0.0828. The smallest absolute Gasteiger partial charge is 0.341 e. The van der Waals surface area contributed by atoms with Crippen molar-refractivity contribution in [3.05, 3.63) is 29.9 Å². The fourth-order valence-electron chi connectivity index (χ4n) is 4.43. The summed E-state index contributed by atoms with van der Waals surface area (Å²) in [7, 11) is 1.33. The van der Waals surface area contributed by atoms with Gasteiger partial charge in [0, 0.05) is 60.4 Å². The van der Waals surface area contributed by atoms with Crippen LogP contribution < -0.4 is 5.84 Å². The Bertz CT molecular complexity index is 1150. The summed E-state index contributed by atoms with van der Waals surface area (Å²) in [4.78, 5) is 26.1. The largest absolute Gasteiger partial charge is 0.463 e. The molecule has 0 aliphatic carbocycles. The maximum absolute atomic E-state index is 13.1. The van der Waals surface area contributed by atoms with Crippen LogP contribution in [0.15, 0.2) is 38.5 Å². The first kappa shape index (κ1) is 22.8. The molecule has 5 rings (SSSR count). The van der Waals surface area contributed by atoms with Crippen LogP contribution in [0.3, 0.4) is 0 Å². The fourth-order valence-corrected chi connectivity index (χ4v) is 5.52. The second-order valence-corrected chi connectivity index (χ2v) is 10.6. The van der Waals surface area contributed by atoms with Crippen LogP contribution in [0, 0.1) is 0 Å². The first-order chi connectivity index (χ1) is 16.2. The summed E-state index contributed by atoms with van der Waals surface area (Å²) in [5, 5.41) is 4.62. The molecular weight excluding hydrogens is 464 g/mol. The minimum Gasteiger partial charge on any atom is -0.463 e. The van der Waals surface area contributed by atoms with Crippen molar-refractivity contribution < 1.29 is 17.6 Å². The Hall–Kier alpha value is -2.98. The Morgan fingerprint density at radius 2 is 1.94 bits per heavy atom. The Morgan fingerprint density at radius 3 is 2.59 bits per heavy atom. The van der Waals surface area contributed by atoms with E-state index in [-0.39, 0.29) is 6.03 Å². The first-order valence-corrected chi connectivity index (χ1v) is 12.3. The molecule has 1 aromatic rings. The van der Waals surface area contributed by atoms with E-state index in [0.717, 1.165) is 0 Å². The summed E-state index contributed by atoms with van der Waals surface area (Å²) in [5.41, 5.74) is 1.15. The molecule has 4 aliphatic rings. The van der Waals surface area contributed by atoms with Gasteiger partial charge in [-0.05, 0) is 12.1 Å². The lowest BCUT2D eigenvalue weighted by Gasteiger charge is -2.35. The third kappa shape index (κ3) is 3.56. The minimum atomic E-state index is -3.42. The molecule has 14 nitrogen and oxygen atoms in total. The lowest BCUT2D eigenvalue weighted by Crippen LogP contribution is -2.53. The number of rotatable bonds is 6. The van der Waals surface area contributed by atoms with Crippen molar-refractivity contribution in [3.63, 3.8) is 0 Å². The van der Waals surface area contributed by atoms with Crippen molar-refractivity contribution >= 4 is 34.1 Å². The van der Waals surface area contributed by atoms with Gasteiger partial charge in [-0.15, -0.1) is 0 Å². The van der Waals surface area contributed by atoms with Crippen LogP contribution in [0.4, 0.5) is 4.79 Å². The molecule has 2 amide bonds. The number of hydrogen-bond donors (Lipinski definition) is 1. The zero-order chi connectivity index (χ0) is 24.2. The topological polar surface area (TPSA) is 138 Å². The van der Waals surface area contributed by atoms with Gasteiger partial charge >= 0.3 is 6.03 Å². The maximum Gasteiger partial charge on any atom is 0.341 e. The number of nitrogens with zero attached hydrogens (tertiary/aromatic N) is 9. The molecule has 2 saturated heterocycles. The molecule has 2 N–H and O–H groups in total. The highest BCUT2D eigenvalue weighted by Gasteiger charge is 2.51. The second kappa shape index (κ2) is 8.35. The summed E-state index contributed by atoms with van der Waals surface area (Å²) in [6, 6.07) is 3.37.